The molecule has 1 aromatic rings. The lowest BCUT2D eigenvalue weighted by Gasteiger charge is -2.31. The molecule has 1 amide bonds. The molecule has 1 unspecified atom stereocenters. The molecule has 0 radical (unpaired) electrons. The lowest BCUT2D eigenvalue weighted by atomic mass is 9.83. The summed E-state index contributed by atoms with van der Waals surface area (Å²) in [5, 5.41) is 4.66. The third-order valence-electron chi connectivity index (χ3n) is 3.73. The summed E-state index contributed by atoms with van der Waals surface area (Å²) in [4.78, 5) is 12.4. The van der Waals surface area contributed by atoms with Crippen molar-refractivity contribution >= 4 is 37.8 Å². The number of aryl methyl sites for hydroxylation is 1. The van der Waals surface area contributed by atoms with Crippen molar-refractivity contribution in [1.29, 1.82) is 0 Å². The number of carbonyl (C=O) groups is 1. The van der Waals surface area contributed by atoms with E-state index >= 15 is 0 Å². The summed E-state index contributed by atoms with van der Waals surface area (Å²) < 4.78 is 0. The molecule has 1 aliphatic carbocycles. The Labute approximate surface area is 131 Å². The number of rotatable bonds is 4. The van der Waals surface area contributed by atoms with Gasteiger partial charge in [0.05, 0.1) is 5.54 Å². The van der Waals surface area contributed by atoms with Gasteiger partial charge in [0.2, 0.25) is 5.91 Å². The van der Waals surface area contributed by atoms with Crippen molar-refractivity contribution in [3.05, 3.63) is 35.4 Å². The molecule has 2 rings (SSSR count). The molecule has 1 atom stereocenters. The second kappa shape index (κ2) is 6.40. The molecule has 0 saturated carbocycles. The monoisotopic (exact) mass is 387 g/mol. The summed E-state index contributed by atoms with van der Waals surface area (Å²) in [6.07, 6.45) is 2.82. The van der Waals surface area contributed by atoms with Crippen molar-refractivity contribution in [3.8, 4) is 0 Å². The maximum atomic E-state index is 12.4. The van der Waals surface area contributed by atoms with Crippen molar-refractivity contribution < 1.29 is 4.79 Å². The molecule has 1 aliphatic rings. The van der Waals surface area contributed by atoms with E-state index in [2.05, 4.69) is 61.4 Å². The van der Waals surface area contributed by atoms with Crippen molar-refractivity contribution in [2.45, 2.75) is 31.7 Å². The molecule has 0 bridgehead atoms. The number of nitrogens with one attached hydrogen (secondary N) is 1. The lowest BCUT2D eigenvalue weighted by molar-refractivity contribution is -0.126. The predicted molar refractivity (Wildman–Crippen MR) is 86.1 cm³/mol. The average Bonchev–Trinajstić information content (AvgIpc) is 2.46. The van der Waals surface area contributed by atoms with E-state index in [1.165, 1.54) is 11.1 Å². The van der Waals surface area contributed by atoms with Crippen LogP contribution in [0.1, 0.15) is 24.5 Å². The van der Waals surface area contributed by atoms with Crippen molar-refractivity contribution in [1.82, 2.24) is 5.32 Å². The minimum atomic E-state index is -0.214. The highest BCUT2D eigenvalue weighted by Gasteiger charge is 2.30. The number of halogens is 2. The third kappa shape index (κ3) is 3.60. The van der Waals surface area contributed by atoms with Gasteiger partial charge in [-0.2, -0.15) is 0 Å². The van der Waals surface area contributed by atoms with Crippen LogP contribution in [0.5, 0.6) is 0 Å². The second-order valence-electron chi connectivity index (χ2n) is 5.53. The Morgan fingerprint density at radius 1 is 1.32 bits per heavy atom. The van der Waals surface area contributed by atoms with Crippen LogP contribution in [0.3, 0.4) is 0 Å². The minimum Gasteiger partial charge on any atom is -0.349 e. The van der Waals surface area contributed by atoms with Gasteiger partial charge in [0, 0.05) is 16.6 Å². The number of hydrogen-bond acceptors (Lipinski definition) is 1. The molecule has 4 heteroatoms. The zero-order valence-electron chi connectivity index (χ0n) is 11.1. The van der Waals surface area contributed by atoms with Crippen molar-refractivity contribution in [2.75, 3.05) is 10.7 Å². The van der Waals surface area contributed by atoms with E-state index in [0.29, 0.717) is 0 Å². The maximum absolute atomic E-state index is 12.4. The Morgan fingerprint density at radius 2 is 1.95 bits per heavy atom. The summed E-state index contributed by atoms with van der Waals surface area (Å²) in [5.74, 6) is 0.281. The minimum absolute atomic E-state index is 0.104. The number of alkyl halides is 2. The van der Waals surface area contributed by atoms with Gasteiger partial charge >= 0.3 is 0 Å². The number of fused-ring (bicyclic) bond motifs is 1. The van der Waals surface area contributed by atoms with Crippen LogP contribution >= 0.6 is 31.9 Å². The van der Waals surface area contributed by atoms with Crippen LogP contribution in [0.4, 0.5) is 0 Å². The van der Waals surface area contributed by atoms with Crippen molar-refractivity contribution in [2.24, 2.45) is 5.92 Å². The van der Waals surface area contributed by atoms with Crippen LogP contribution in [-0.4, -0.2) is 22.1 Å². The smallest absolute Gasteiger partial charge is 0.223 e. The average molecular weight is 389 g/mol. The Balaban J connectivity index is 2.03. The highest BCUT2D eigenvalue weighted by molar-refractivity contribution is 9.09. The van der Waals surface area contributed by atoms with E-state index in [1.807, 2.05) is 6.92 Å². The highest BCUT2D eigenvalue weighted by atomic mass is 79.9. The number of amides is 1. The first kappa shape index (κ1) is 15.0. The van der Waals surface area contributed by atoms with Gasteiger partial charge in [0.15, 0.2) is 0 Å². The quantitative estimate of drug-likeness (QED) is 0.786. The molecule has 0 saturated heterocycles. The van der Waals surface area contributed by atoms with Gasteiger partial charge in [-0.05, 0) is 37.3 Å². The van der Waals surface area contributed by atoms with Crippen LogP contribution in [0.25, 0.3) is 0 Å². The highest BCUT2D eigenvalue weighted by Crippen LogP contribution is 2.26. The Hall–Kier alpha value is -0.350. The second-order valence-corrected chi connectivity index (χ2v) is 6.65. The van der Waals surface area contributed by atoms with E-state index in [-0.39, 0.29) is 17.4 Å². The van der Waals surface area contributed by atoms with Gasteiger partial charge < -0.3 is 5.32 Å². The third-order valence-corrected chi connectivity index (χ3v) is 6.21. The summed E-state index contributed by atoms with van der Waals surface area (Å²) in [6.45, 7) is 2.05. The van der Waals surface area contributed by atoms with E-state index < -0.39 is 0 Å². The first-order valence-electron chi connectivity index (χ1n) is 6.59. The summed E-state index contributed by atoms with van der Waals surface area (Å²) >= 11 is 6.93. The van der Waals surface area contributed by atoms with E-state index in [4.69, 9.17) is 0 Å². The van der Waals surface area contributed by atoms with Gasteiger partial charge in [-0.3, -0.25) is 4.79 Å². The molecule has 0 spiro atoms. The molecule has 1 N–H and O–H groups in total. The van der Waals surface area contributed by atoms with E-state index in [1.54, 1.807) is 0 Å². The van der Waals surface area contributed by atoms with Gasteiger partial charge in [-0.15, -0.1) is 0 Å². The van der Waals surface area contributed by atoms with Crippen LogP contribution in [0.15, 0.2) is 24.3 Å². The fourth-order valence-electron chi connectivity index (χ4n) is 2.42. The van der Waals surface area contributed by atoms with Crippen molar-refractivity contribution in [3.63, 3.8) is 0 Å². The SMILES string of the molecule is CC(CBr)(CBr)NC(=O)C1CCc2ccccc2C1. The fraction of sp³-hybridized carbons (Fsp3) is 0.533. The maximum Gasteiger partial charge on any atom is 0.223 e. The summed E-state index contributed by atoms with van der Waals surface area (Å²) in [7, 11) is 0. The largest absolute Gasteiger partial charge is 0.349 e. The van der Waals surface area contributed by atoms with E-state index in [0.717, 1.165) is 29.9 Å². The molecular formula is C15H19Br2NO. The molecule has 19 heavy (non-hydrogen) atoms. The topological polar surface area (TPSA) is 29.1 Å². The molecule has 0 aromatic heterocycles. The van der Waals surface area contributed by atoms with E-state index in [9.17, 15) is 4.79 Å². The fourth-order valence-corrected chi connectivity index (χ4v) is 3.63. The molecule has 0 heterocycles. The Bertz CT molecular complexity index is 457. The molecule has 0 fully saturated rings. The number of benzene rings is 1. The summed E-state index contributed by atoms with van der Waals surface area (Å²) in [6, 6.07) is 8.44. The molecule has 104 valence electrons. The number of hydrogen-bond donors (Lipinski definition) is 1. The Morgan fingerprint density at radius 3 is 2.58 bits per heavy atom. The van der Waals surface area contributed by atoms with Gasteiger partial charge in [-0.1, -0.05) is 56.1 Å². The molecular weight excluding hydrogens is 370 g/mol. The van der Waals surface area contributed by atoms with Gasteiger partial charge in [0.1, 0.15) is 0 Å². The normalized spacial score (nSPS) is 18.8. The van der Waals surface area contributed by atoms with Crippen LogP contribution in [-0.2, 0) is 17.6 Å². The lowest BCUT2D eigenvalue weighted by Crippen LogP contribution is -2.51. The molecule has 0 aliphatic heterocycles. The Kier molecular flexibility index (Phi) is 5.07. The van der Waals surface area contributed by atoms with Gasteiger partial charge in [-0.25, -0.2) is 0 Å². The zero-order valence-corrected chi connectivity index (χ0v) is 14.3. The van der Waals surface area contributed by atoms with Crippen LogP contribution in [0.2, 0.25) is 0 Å². The van der Waals surface area contributed by atoms with Gasteiger partial charge in [0.25, 0.3) is 0 Å². The van der Waals surface area contributed by atoms with Crippen LogP contribution < -0.4 is 5.32 Å². The molecule has 1 aromatic carbocycles. The zero-order chi connectivity index (χ0) is 13.9. The summed E-state index contributed by atoms with van der Waals surface area (Å²) in [5.41, 5.74) is 2.51. The van der Waals surface area contributed by atoms with Crippen LogP contribution in [0, 0.1) is 5.92 Å². The first-order valence-corrected chi connectivity index (χ1v) is 8.83. The molecule has 2 nitrogen and oxygen atoms in total. The predicted octanol–water partition coefficient (Wildman–Crippen LogP) is 3.46. The first-order chi connectivity index (χ1) is 9.08. The number of carbonyl (C=O) groups excluding carboxylic acids is 1. The standard InChI is InChI=1S/C15H19Br2NO/c1-15(9-16,10-17)18-14(19)13-7-6-11-4-2-3-5-12(11)8-13/h2-5,13H,6-10H2,1H3,(H,18,19).